The largest absolute Gasteiger partial charge is 0.314 e. The van der Waals surface area contributed by atoms with Crippen LogP contribution in [-0.2, 0) is 6.42 Å². The summed E-state index contributed by atoms with van der Waals surface area (Å²) in [5, 5.41) is 4.58. The molecule has 0 amide bonds. The summed E-state index contributed by atoms with van der Waals surface area (Å²) in [6.07, 6.45) is 7.83. The molecule has 1 nitrogen and oxygen atoms in total. The Morgan fingerprint density at radius 2 is 2.11 bits per heavy atom. The Morgan fingerprint density at radius 1 is 1.33 bits per heavy atom. The molecule has 1 aliphatic carbocycles. The minimum Gasteiger partial charge on any atom is -0.314 e. The molecule has 18 heavy (non-hydrogen) atoms. The predicted octanol–water partition coefficient (Wildman–Crippen LogP) is 4.44. The molecule has 2 rings (SSSR count). The second kappa shape index (κ2) is 7.16. The van der Waals surface area contributed by atoms with Crippen molar-refractivity contribution in [2.45, 2.75) is 51.5 Å². The predicted molar refractivity (Wildman–Crippen MR) is 79.2 cm³/mol. The van der Waals surface area contributed by atoms with Crippen molar-refractivity contribution in [2.24, 2.45) is 5.92 Å². The maximum absolute atomic E-state index is 6.25. The quantitative estimate of drug-likeness (QED) is 0.733. The molecule has 1 aromatic rings. The first-order valence-corrected chi connectivity index (χ1v) is 7.64. The van der Waals surface area contributed by atoms with E-state index in [1.807, 2.05) is 12.1 Å². The van der Waals surface area contributed by atoms with E-state index in [1.54, 1.807) is 0 Å². The van der Waals surface area contributed by atoms with Gasteiger partial charge in [-0.05, 0) is 49.8 Å². The summed E-state index contributed by atoms with van der Waals surface area (Å²) in [7, 11) is 0. The third kappa shape index (κ3) is 4.62. The molecule has 0 bridgehead atoms. The summed E-state index contributed by atoms with van der Waals surface area (Å²) in [6.45, 7) is 3.33. The fourth-order valence-electron chi connectivity index (χ4n) is 2.40. The SMILES string of the molecule is CCCNC(CCC1CC1)Cc1ccccc1Cl. The Morgan fingerprint density at radius 3 is 2.78 bits per heavy atom. The zero-order valence-electron chi connectivity index (χ0n) is 11.3. The summed E-state index contributed by atoms with van der Waals surface area (Å²) in [5.74, 6) is 1.02. The Bertz CT molecular complexity index is 360. The van der Waals surface area contributed by atoms with Gasteiger partial charge in [-0.25, -0.2) is 0 Å². The molecule has 0 saturated heterocycles. The van der Waals surface area contributed by atoms with Gasteiger partial charge >= 0.3 is 0 Å². The zero-order chi connectivity index (χ0) is 12.8. The van der Waals surface area contributed by atoms with Gasteiger partial charge in [0, 0.05) is 11.1 Å². The van der Waals surface area contributed by atoms with E-state index in [9.17, 15) is 0 Å². The molecule has 1 N–H and O–H groups in total. The van der Waals surface area contributed by atoms with Gasteiger partial charge in [-0.15, -0.1) is 0 Å². The summed E-state index contributed by atoms with van der Waals surface area (Å²) >= 11 is 6.25. The number of halogens is 1. The van der Waals surface area contributed by atoms with Crippen LogP contribution in [-0.4, -0.2) is 12.6 Å². The molecule has 1 unspecified atom stereocenters. The van der Waals surface area contributed by atoms with E-state index in [1.165, 1.54) is 37.7 Å². The lowest BCUT2D eigenvalue weighted by Gasteiger charge is -2.19. The van der Waals surface area contributed by atoms with E-state index in [-0.39, 0.29) is 0 Å². The highest BCUT2D eigenvalue weighted by molar-refractivity contribution is 6.31. The third-order valence-electron chi connectivity index (χ3n) is 3.73. The summed E-state index contributed by atoms with van der Waals surface area (Å²) in [5.41, 5.74) is 1.28. The van der Waals surface area contributed by atoms with Crippen LogP contribution in [0.2, 0.25) is 5.02 Å². The van der Waals surface area contributed by atoms with Crippen molar-refractivity contribution in [3.63, 3.8) is 0 Å². The third-order valence-corrected chi connectivity index (χ3v) is 4.10. The van der Waals surface area contributed by atoms with Crippen molar-refractivity contribution in [3.8, 4) is 0 Å². The molecule has 0 aliphatic heterocycles. The van der Waals surface area contributed by atoms with Crippen LogP contribution in [0.3, 0.4) is 0 Å². The Hall–Kier alpha value is -0.530. The lowest BCUT2D eigenvalue weighted by molar-refractivity contribution is 0.452. The highest BCUT2D eigenvalue weighted by Crippen LogP contribution is 2.34. The molecule has 1 aromatic carbocycles. The number of hydrogen-bond acceptors (Lipinski definition) is 1. The first kappa shape index (κ1) is 13.9. The van der Waals surface area contributed by atoms with Crippen molar-refractivity contribution >= 4 is 11.6 Å². The molecule has 0 radical (unpaired) electrons. The summed E-state index contributed by atoms with van der Waals surface area (Å²) in [4.78, 5) is 0. The molecule has 1 fully saturated rings. The van der Waals surface area contributed by atoms with Gasteiger partial charge in [0.25, 0.3) is 0 Å². The van der Waals surface area contributed by atoms with Gasteiger partial charge in [-0.3, -0.25) is 0 Å². The lowest BCUT2D eigenvalue weighted by atomic mass is 10.00. The molecule has 0 spiro atoms. The van der Waals surface area contributed by atoms with Crippen molar-refractivity contribution in [1.82, 2.24) is 5.32 Å². The minimum atomic E-state index is 0.588. The van der Waals surface area contributed by atoms with E-state index < -0.39 is 0 Å². The summed E-state index contributed by atoms with van der Waals surface area (Å²) < 4.78 is 0. The van der Waals surface area contributed by atoms with Gasteiger partial charge in [-0.1, -0.05) is 49.6 Å². The van der Waals surface area contributed by atoms with Crippen LogP contribution >= 0.6 is 11.6 Å². The second-order valence-electron chi connectivity index (χ2n) is 5.47. The average Bonchev–Trinajstić information content (AvgIpc) is 3.19. The van der Waals surface area contributed by atoms with E-state index in [2.05, 4.69) is 24.4 Å². The first-order chi connectivity index (χ1) is 8.79. The Labute approximate surface area is 116 Å². The monoisotopic (exact) mass is 265 g/mol. The molecule has 0 aromatic heterocycles. The molecule has 1 aliphatic rings. The topological polar surface area (TPSA) is 12.0 Å². The van der Waals surface area contributed by atoms with Crippen molar-refractivity contribution in [3.05, 3.63) is 34.9 Å². The normalized spacial score (nSPS) is 16.8. The van der Waals surface area contributed by atoms with Crippen molar-refractivity contribution in [1.29, 1.82) is 0 Å². The number of benzene rings is 1. The van der Waals surface area contributed by atoms with Crippen LogP contribution < -0.4 is 5.32 Å². The van der Waals surface area contributed by atoms with E-state index in [0.717, 1.165) is 23.9 Å². The maximum atomic E-state index is 6.25. The Balaban J connectivity index is 1.87. The lowest BCUT2D eigenvalue weighted by Crippen LogP contribution is -2.32. The number of rotatable bonds is 8. The minimum absolute atomic E-state index is 0.588. The fraction of sp³-hybridized carbons (Fsp3) is 0.625. The van der Waals surface area contributed by atoms with Gasteiger partial charge in [0.05, 0.1) is 0 Å². The molecular formula is C16H24ClN. The van der Waals surface area contributed by atoms with Crippen LogP contribution in [0.25, 0.3) is 0 Å². The Kier molecular flexibility index (Phi) is 5.52. The van der Waals surface area contributed by atoms with Crippen LogP contribution in [0, 0.1) is 5.92 Å². The molecule has 1 atom stereocenters. The average molecular weight is 266 g/mol. The molecule has 2 heteroatoms. The smallest absolute Gasteiger partial charge is 0.0438 e. The number of hydrogen-bond donors (Lipinski definition) is 1. The molecule has 0 heterocycles. The van der Waals surface area contributed by atoms with Gasteiger partial charge in [0.15, 0.2) is 0 Å². The van der Waals surface area contributed by atoms with E-state index in [0.29, 0.717) is 6.04 Å². The van der Waals surface area contributed by atoms with Gasteiger partial charge in [-0.2, -0.15) is 0 Å². The molecule has 100 valence electrons. The van der Waals surface area contributed by atoms with Crippen LogP contribution in [0.1, 0.15) is 44.6 Å². The number of nitrogens with one attached hydrogen (secondary N) is 1. The van der Waals surface area contributed by atoms with Gasteiger partial charge in [0.1, 0.15) is 0 Å². The highest BCUT2D eigenvalue weighted by atomic mass is 35.5. The van der Waals surface area contributed by atoms with E-state index in [4.69, 9.17) is 11.6 Å². The van der Waals surface area contributed by atoms with Crippen LogP contribution in [0.15, 0.2) is 24.3 Å². The molecule has 1 saturated carbocycles. The molecular weight excluding hydrogens is 242 g/mol. The van der Waals surface area contributed by atoms with E-state index >= 15 is 0 Å². The fourth-order valence-corrected chi connectivity index (χ4v) is 2.61. The summed E-state index contributed by atoms with van der Waals surface area (Å²) in [6, 6.07) is 8.82. The van der Waals surface area contributed by atoms with Crippen LogP contribution in [0.4, 0.5) is 0 Å². The maximum Gasteiger partial charge on any atom is 0.0438 e. The standard InChI is InChI=1S/C16H24ClN/c1-2-11-18-15(10-9-13-7-8-13)12-14-5-3-4-6-16(14)17/h3-6,13,15,18H,2,7-12H2,1H3. The van der Waals surface area contributed by atoms with Gasteiger partial charge < -0.3 is 5.32 Å². The van der Waals surface area contributed by atoms with Crippen molar-refractivity contribution < 1.29 is 0 Å². The highest BCUT2D eigenvalue weighted by Gasteiger charge is 2.22. The zero-order valence-corrected chi connectivity index (χ0v) is 12.0. The second-order valence-corrected chi connectivity index (χ2v) is 5.87. The van der Waals surface area contributed by atoms with Crippen LogP contribution in [0.5, 0.6) is 0 Å². The van der Waals surface area contributed by atoms with Gasteiger partial charge in [0.2, 0.25) is 0 Å². The van der Waals surface area contributed by atoms with Crippen molar-refractivity contribution in [2.75, 3.05) is 6.54 Å². The first-order valence-electron chi connectivity index (χ1n) is 7.26.